The van der Waals surface area contributed by atoms with Gasteiger partial charge in [-0.15, -0.1) is 0 Å². The molecule has 4 aromatic rings. The Balaban J connectivity index is 1.26. The molecule has 3 aliphatic rings. The van der Waals surface area contributed by atoms with Crippen molar-refractivity contribution in [3.05, 3.63) is 112 Å². The van der Waals surface area contributed by atoms with Gasteiger partial charge in [-0.1, -0.05) is 61.1 Å². The van der Waals surface area contributed by atoms with Gasteiger partial charge >= 0.3 is 0 Å². The normalized spacial score (nSPS) is 23.9. The third-order valence-electron chi connectivity index (χ3n) is 11.8. The van der Waals surface area contributed by atoms with Gasteiger partial charge in [-0.3, -0.25) is 19.0 Å². The smallest absolute Gasteiger partial charge is 0.297 e. The molecule has 4 heterocycles. The van der Waals surface area contributed by atoms with Crippen molar-refractivity contribution in [3.63, 3.8) is 0 Å². The lowest BCUT2D eigenvalue weighted by atomic mass is 9.82. The first kappa shape index (κ1) is 36.9. The Hall–Kier alpha value is -4.42. The summed E-state index contributed by atoms with van der Waals surface area (Å²) in [5, 5.41) is 11.7. The molecule has 0 saturated carbocycles. The van der Waals surface area contributed by atoms with Crippen molar-refractivity contribution >= 4 is 42.4 Å². The van der Waals surface area contributed by atoms with Crippen molar-refractivity contribution in [3.8, 4) is 17.2 Å². The maximum atomic E-state index is 15.2. The number of carbonyl (C=O) groups excluding carboxylic acids is 2. The van der Waals surface area contributed by atoms with Crippen LogP contribution in [-0.4, -0.2) is 74.0 Å². The number of hydrogen-bond donors (Lipinski definition) is 1. The summed E-state index contributed by atoms with van der Waals surface area (Å²) in [5.41, 5.74) is 1.18. The molecule has 2 saturated heterocycles. The molecular weight excluding hydrogens is 710 g/mol. The molecule has 1 N–H and O–H groups in total. The van der Waals surface area contributed by atoms with Crippen molar-refractivity contribution in [1.29, 1.82) is 0 Å². The summed E-state index contributed by atoms with van der Waals surface area (Å²) in [6.07, 6.45) is 2.84. The van der Waals surface area contributed by atoms with Crippen molar-refractivity contribution < 1.29 is 28.9 Å². The maximum absolute atomic E-state index is 15.2. The highest BCUT2D eigenvalue weighted by molar-refractivity contribution is 6.91. The molecule has 1 aromatic heterocycles. The molecule has 3 aromatic carbocycles. The Morgan fingerprint density at radius 3 is 2.43 bits per heavy atom. The topological polar surface area (TPSA) is 111 Å². The van der Waals surface area contributed by atoms with E-state index in [1.54, 1.807) is 41.3 Å². The highest BCUT2D eigenvalue weighted by Crippen LogP contribution is 2.60. The lowest BCUT2D eigenvalue weighted by Gasteiger charge is -2.37. The molecule has 3 aliphatic heterocycles. The minimum atomic E-state index is -2.49. The second-order valence-corrected chi connectivity index (χ2v) is 20.0. The second-order valence-electron chi connectivity index (χ2n) is 14.9. The Labute approximate surface area is 315 Å². The summed E-state index contributed by atoms with van der Waals surface area (Å²) in [7, 11) is 0.625. The number of likely N-dealkylation sites (tertiary alicyclic amines) is 1. The van der Waals surface area contributed by atoms with E-state index in [-0.39, 0.29) is 60.2 Å². The van der Waals surface area contributed by atoms with Crippen LogP contribution in [-0.2, 0) is 26.5 Å². The summed E-state index contributed by atoms with van der Waals surface area (Å²) < 4.78 is 19.4. The molecule has 2 amide bonds. The number of anilines is 1. The van der Waals surface area contributed by atoms with Crippen LogP contribution in [0.4, 0.5) is 5.69 Å². The number of pyridine rings is 1. The van der Waals surface area contributed by atoms with Crippen molar-refractivity contribution in [2.75, 3.05) is 32.3 Å². The van der Waals surface area contributed by atoms with Crippen LogP contribution in [0.25, 0.3) is 5.69 Å². The molecule has 5 atom stereocenters. The predicted molar refractivity (Wildman–Crippen MR) is 207 cm³/mol. The molecule has 7 rings (SSSR count). The fourth-order valence-electron chi connectivity index (χ4n) is 9.06. The number of amides is 2. The Morgan fingerprint density at radius 1 is 1.02 bits per heavy atom. The highest BCUT2D eigenvalue weighted by atomic mass is 35.5. The Morgan fingerprint density at radius 2 is 1.75 bits per heavy atom. The molecule has 2 fully saturated rings. The van der Waals surface area contributed by atoms with E-state index in [1.165, 1.54) is 16.9 Å². The molecule has 0 unspecified atom stereocenters. The van der Waals surface area contributed by atoms with E-state index in [0.29, 0.717) is 28.5 Å². The summed E-state index contributed by atoms with van der Waals surface area (Å²) in [4.78, 5) is 45.6. The van der Waals surface area contributed by atoms with Crippen LogP contribution in [0.2, 0.25) is 23.7 Å². The number of fused-ring (bicyclic) bond motifs is 2. The fourth-order valence-corrected chi connectivity index (χ4v) is 13.2. The van der Waals surface area contributed by atoms with E-state index in [9.17, 15) is 14.7 Å². The third-order valence-corrected chi connectivity index (χ3v) is 16.4. The summed E-state index contributed by atoms with van der Waals surface area (Å²) in [6.45, 7) is 7.44. The van der Waals surface area contributed by atoms with E-state index < -0.39 is 19.8 Å². The van der Waals surface area contributed by atoms with Gasteiger partial charge in [0, 0.05) is 34.9 Å². The van der Waals surface area contributed by atoms with Crippen LogP contribution in [0.3, 0.4) is 0 Å². The van der Waals surface area contributed by atoms with Gasteiger partial charge in [-0.05, 0) is 78.5 Å². The summed E-state index contributed by atoms with van der Waals surface area (Å²) in [6, 6.07) is 24.3. The molecular formula is C41H46ClN3O7Si. The molecule has 0 radical (unpaired) electrons. The van der Waals surface area contributed by atoms with Crippen LogP contribution in [0.1, 0.15) is 37.3 Å². The SMILES string of the molecule is COc1ccc([Si](C)(C)[C@H]2[C@H](CC(=O)N3CCC[C@H]3CO)O[C@@]3(C(=O)N(Cc4ccc(-n5cccc(OC)c5=O)cc4)c4ccc(Cl)cc43)[C@@H]2C)cc1. The standard InChI is InChI=1S/C41H46ClN3O7Si/c1-26-38(53(4,5)32-17-15-31(50-2)16-18-32)36(23-37(47)43-20-6-8-30(43)25-46)52-41(26)33-22-28(42)12-19-34(33)45(40(41)49)24-27-10-13-29(14-11-27)44-21-7-9-35(51-3)39(44)48/h7,9-19,21-22,26,30,36,38,46H,6,8,20,23-25H2,1-5H3/t26-,30+,36+,38-,41+/m1/s1. The number of methoxy groups -OCH3 is 2. The monoisotopic (exact) mass is 755 g/mol. The number of aliphatic hydroxyl groups excluding tert-OH is 1. The van der Waals surface area contributed by atoms with Crippen LogP contribution in [0.15, 0.2) is 89.9 Å². The first-order valence-corrected chi connectivity index (χ1v) is 21.6. The number of hydrogen-bond acceptors (Lipinski definition) is 7. The second kappa shape index (κ2) is 14.4. The van der Waals surface area contributed by atoms with Gasteiger partial charge < -0.3 is 29.1 Å². The van der Waals surface area contributed by atoms with Gasteiger partial charge in [0.25, 0.3) is 11.5 Å². The van der Waals surface area contributed by atoms with Gasteiger partial charge in [-0.25, -0.2) is 0 Å². The van der Waals surface area contributed by atoms with E-state index >= 15 is 4.79 Å². The largest absolute Gasteiger partial charge is 0.497 e. The molecule has 10 nitrogen and oxygen atoms in total. The average Bonchev–Trinajstić information content (AvgIpc) is 3.82. The van der Waals surface area contributed by atoms with Gasteiger partial charge in [-0.2, -0.15) is 0 Å². The molecule has 1 spiro atoms. The third kappa shape index (κ3) is 6.27. The predicted octanol–water partition coefficient (Wildman–Crippen LogP) is 5.64. The first-order chi connectivity index (χ1) is 25.4. The molecule has 0 aliphatic carbocycles. The van der Waals surface area contributed by atoms with Crippen LogP contribution < -0.4 is 25.1 Å². The fraction of sp³-hybridized carbons (Fsp3) is 0.390. The lowest BCUT2D eigenvalue weighted by Crippen LogP contribution is -2.52. The number of ether oxygens (including phenoxy) is 3. The quantitative estimate of drug-likeness (QED) is 0.209. The van der Waals surface area contributed by atoms with Crippen LogP contribution in [0.5, 0.6) is 11.5 Å². The van der Waals surface area contributed by atoms with Crippen LogP contribution in [0, 0.1) is 5.92 Å². The molecule has 278 valence electrons. The van der Waals surface area contributed by atoms with Gasteiger partial charge in [0.1, 0.15) is 5.75 Å². The van der Waals surface area contributed by atoms with E-state index in [0.717, 1.165) is 24.2 Å². The van der Waals surface area contributed by atoms with Gasteiger partial charge in [0.2, 0.25) is 5.91 Å². The average molecular weight is 756 g/mol. The number of nitrogens with zero attached hydrogens (tertiary/aromatic N) is 3. The number of halogens is 1. The van der Waals surface area contributed by atoms with Crippen molar-refractivity contribution in [1.82, 2.24) is 9.47 Å². The highest BCUT2D eigenvalue weighted by Gasteiger charge is 2.66. The zero-order chi connectivity index (χ0) is 37.7. The van der Waals surface area contributed by atoms with Gasteiger partial charge in [0.05, 0.1) is 59.7 Å². The zero-order valence-electron chi connectivity index (χ0n) is 30.8. The molecule has 53 heavy (non-hydrogen) atoms. The number of aliphatic hydroxyl groups is 1. The van der Waals surface area contributed by atoms with Crippen molar-refractivity contribution in [2.45, 2.75) is 69.1 Å². The minimum absolute atomic E-state index is 0.0656. The Kier molecular flexibility index (Phi) is 10.0. The summed E-state index contributed by atoms with van der Waals surface area (Å²) in [5.74, 6) is 0.438. The van der Waals surface area contributed by atoms with E-state index in [2.05, 4.69) is 32.2 Å². The number of rotatable bonds is 10. The maximum Gasteiger partial charge on any atom is 0.297 e. The number of aromatic nitrogens is 1. The summed E-state index contributed by atoms with van der Waals surface area (Å²) >= 11 is 6.68. The molecule has 0 bridgehead atoms. The van der Waals surface area contributed by atoms with E-state index in [4.69, 9.17) is 25.8 Å². The lowest BCUT2D eigenvalue weighted by molar-refractivity contribution is -0.150. The number of carbonyl (C=O) groups is 2. The number of benzene rings is 3. The molecule has 12 heteroatoms. The van der Waals surface area contributed by atoms with Crippen molar-refractivity contribution in [2.24, 2.45) is 5.92 Å². The first-order valence-electron chi connectivity index (χ1n) is 18.1. The Bertz CT molecular complexity index is 2070. The van der Waals surface area contributed by atoms with Gasteiger partial charge in [0.15, 0.2) is 11.4 Å². The van der Waals surface area contributed by atoms with E-state index in [1.807, 2.05) is 48.5 Å². The minimum Gasteiger partial charge on any atom is -0.497 e. The zero-order valence-corrected chi connectivity index (χ0v) is 32.5. The van der Waals surface area contributed by atoms with Crippen LogP contribution >= 0.6 is 11.6 Å².